The van der Waals surface area contributed by atoms with Crippen molar-refractivity contribution >= 4 is 5.91 Å². The van der Waals surface area contributed by atoms with Gasteiger partial charge in [-0.05, 0) is 23.8 Å². The highest BCUT2D eigenvalue weighted by atomic mass is 16.2. The van der Waals surface area contributed by atoms with Gasteiger partial charge in [0.2, 0.25) is 0 Å². The average Bonchev–Trinajstić information content (AvgIpc) is 3.17. The summed E-state index contributed by atoms with van der Waals surface area (Å²) in [6.07, 6.45) is 5.10. The van der Waals surface area contributed by atoms with Crippen molar-refractivity contribution < 1.29 is 4.79 Å². The number of rotatable bonds is 4. The molecule has 100 valence electrons. The minimum absolute atomic E-state index is 0.242. The van der Waals surface area contributed by atoms with Crippen molar-refractivity contribution in [1.29, 1.82) is 0 Å². The van der Waals surface area contributed by atoms with E-state index in [2.05, 4.69) is 20.5 Å². The number of H-pyrrole nitrogens is 1. The maximum Gasteiger partial charge on any atom is 0.273 e. The zero-order valence-corrected chi connectivity index (χ0v) is 10.7. The molecule has 0 spiro atoms. The van der Waals surface area contributed by atoms with E-state index in [1.54, 1.807) is 0 Å². The van der Waals surface area contributed by atoms with Gasteiger partial charge in [-0.25, -0.2) is 0 Å². The molecule has 0 fully saturated rings. The van der Waals surface area contributed by atoms with E-state index in [1.165, 1.54) is 11.0 Å². The molecule has 2 heterocycles. The van der Waals surface area contributed by atoms with E-state index in [0.717, 1.165) is 11.3 Å². The monoisotopic (exact) mass is 267 g/mol. The minimum Gasteiger partial charge on any atom is -0.367 e. The Kier molecular flexibility index (Phi) is 3.28. The smallest absolute Gasteiger partial charge is 0.273 e. The fourth-order valence-electron chi connectivity index (χ4n) is 1.79. The van der Waals surface area contributed by atoms with Crippen LogP contribution in [0.15, 0.2) is 55.0 Å². The molecule has 1 aromatic carbocycles. The zero-order chi connectivity index (χ0) is 13.8. The second kappa shape index (κ2) is 5.40. The van der Waals surface area contributed by atoms with Gasteiger partial charge in [0, 0.05) is 18.9 Å². The second-order valence-electron chi connectivity index (χ2n) is 4.26. The van der Waals surface area contributed by atoms with Gasteiger partial charge in [0.1, 0.15) is 0 Å². The number of carbonyl (C=O) groups excluding carboxylic acids is 1. The maximum absolute atomic E-state index is 11.9. The fourth-order valence-corrected chi connectivity index (χ4v) is 1.79. The Balaban J connectivity index is 1.69. The lowest BCUT2D eigenvalue weighted by Gasteiger charge is -2.00. The molecule has 2 aromatic heterocycles. The highest BCUT2D eigenvalue weighted by Gasteiger charge is 2.11. The molecule has 2 N–H and O–H groups in total. The molecule has 0 saturated heterocycles. The van der Waals surface area contributed by atoms with Gasteiger partial charge in [-0.15, -0.1) is 5.10 Å². The highest BCUT2D eigenvalue weighted by molar-refractivity contribution is 5.91. The standard InChI is InChI=1S/C14H13N5O/c20-14(16-9-11-6-7-15-8-11)13-10-17-19(18-13)12-4-2-1-3-5-12/h1-8,10,15H,9H2,(H,16,20). The van der Waals surface area contributed by atoms with Gasteiger partial charge in [-0.3, -0.25) is 4.79 Å². The minimum atomic E-state index is -0.242. The molecule has 0 unspecified atom stereocenters. The summed E-state index contributed by atoms with van der Waals surface area (Å²) >= 11 is 0. The summed E-state index contributed by atoms with van der Waals surface area (Å²) < 4.78 is 0. The number of nitrogens with one attached hydrogen (secondary N) is 2. The Morgan fingerprint density at radius 3 is 2.85 bits per heavy atom. The fraction of sp³-hybridized carbons (Fsp3) is 0.0714. The van der Waals surface area contributed by atoms with Gasteiger partial charge in [0.15, 0.2) is 5.69 Å². The van der Waals surface area contributed by atoms with E-state index in [-0.39, 0.29) is 5.91 Å². The van der Waals surface area contributed by atoms with Crippen LogP contribution < -0.4 is 5.32 Å². The van der Waals surface area contributed by atoms with Crippen molar-refractivity contribution in [2.45, 2.75) is 6.54 Å². The summed E-state index contributed by atoms with van der Waals surface area (Å²) in [5.41, 5.74) is 2.12. The van der Waals surface area contributed by atoms with Crippen molar-refractivity contribution in [3.05, 3.63) is 66.2 Å². The molecule has 0 saturated carbocycles. The van der Waals surface area contributed by atoms with E-state index < -0.39 is 0 Å². The van der Waals surface area contributed by atoms with E-state index in [9.17, 15) is 4.79 Å². The molecule has 20 heavy (non-hydrogen) atoms. The normalized spacial score (nSPS) is 10.4. The van der Waals surface area contributed by atoms with E-state index in [4.69, 9.17) is 0 Å². The molecule has 0 radical (unpaired) electrons. The Morgan fingerprint density at radius 1 is 1.25 bits per heavy atom. The molecule has 3 rings (SSSR count). The SMILES string of the molecule is O=C(NCc1cc[nH]c1)c1cnn(-c2ccccc2)n1. The van der Waals surface area contributed by atoms with E-state index >= 15 is 0 Å². The number of para-hydroxylation sites is 1. The van der Waals surface area contributed by atoms with E-state index in [1.807, 2.05) is 48.8 Å². The third-order valence-corrected chi connectivity index (χ3v) is 2.83. The topological polar surface area (TPSA) is 75.6 Å². The van der Waals surface area contributed by atoms with Crippen LogP contribution in [0.5, 0.6) is 0 Å². The lowest BCUT2D eigenvalue weighted by Crippen LogP contribution is -2.23. The summed E-state index contributed by atoms with van der Waals surface area (Å²) in [6.45, 7) is 0.459. The van der Waals surface area contributed by atoms with Crippen LogP contribution in [0.1, 0.15) is 16.1 Å². The molecule has 6 nitrogen and oxygen atoms in total. The first kappa shape index (κ1) is 12.2. The Morgan fingerprint density at radius 2 is 2.10 bits per heavy atom. The van der Waals surface area contributed by atoms with Crippen LogP contribution in [0.25, 0.3) is 5.69 Å². The summed E-state index contributed by atoms with van der Waals surface area (Å²) in [6, 6.07) is 11.4. The van der Waals surface area contributed by atoms with Crippen molar-refractivity contribution in [2.24, 2.45) is 0 Å². The Bertz CT molecular complexity index is 687. The van der Waals surface area contributed by atoms with Gasteiger partial charge in [-0.2, -0.15) is 9.90 Å². The maximum atomic E-state index is 11.9. The number of aromatic amines is 1. The number of amides is 1. The summed E-state index contributed by atoms with van der Waals surface area (Å²) in [5, 5.41) is 11.0. The molecule has 0 aliphatic rings. The predicted octanol–water partition coefficient (Wildman–Crippen LogP) is 1.53. The number of carbonyl (C=O) groups is 1. The lowest BCUT2D eigenvalue weighted by atomic mass is 10.3. The van der Waals surface area contributed by atoms with Crippen molar-refractivity contribution in [1.82, 2.24) is 25.3 Å². The van der Waals surface area contributed by atoms with Gasteiger partial charge in [0.05, 0.1) is 11.9 Å². The van der Waals surface area contributed by atoms with Gasteiger partial charge in [-0.1, -0.05) is 18.2 Å². The molecule has 0 aliphatic heterocycles. The molecule has 0 bridgehead atoms. The third-order valence-electron chi connectivity index (χ3n) is 2.83. The number of aromatic nitrogens is 4. The lowest BCUT2D eigenvalue weighted by molar-refractivity contribution is 0.0945. The van der Waals surface area contributed by atoms with Crippen molar-refractivity contribution in [3.8, 4) is 5.69 Å². The number of nitrogens with zero attached hydrogens (tertiary/aromatic N) is 3. The highest BCUT2D eigenvalue weighted by Crippen LogP contribution is 2.04. The van der Waals surface area contributed by atoms with Crippen molar-refractivity contribution in [2.75, 3.05) is 0 Å². The first-order valence-corrected chi connectivity index (χ1v) is 6.20. The largest absolute Gasteiger partial charge is 0.367 e. The Hall–Kier alpha value is -2.89. The first-order valence-electron chi connectivity index (χ1n) is 6.20. The van der Waals surface area contributed by atoms with E-state index in [0.29, 0.717) is 12.2 Å². The van der Waals surface area contributed by atoms with Crippen molar-refractivity contribution in [3.63, 3.8) is 0 Å². The number of hydrogen-bond acceptors (Lipinski definition) is 3. The van der Waals surface area contributed by atoms with Gasteiger partial charge < -0.3 is 10.3 Å². The van der Waals surface area contributed by atoms with Gasteiger partial charge >= 0.3 is 0 Å². The summed E-state index contributed by atoms with van der Waals surface area (Å²) in [5.74, 6) is -0.242. The van der Waals surface area contributed by atoms with Crippen LogP contribution in [-0.4, -0.2) is 25.9 Å². The predicted molar refractivity (Wildman–Crippen MR) is 73.3 cm³/mol. The summed E-state index contributed by atoms with van der Waals surface area (Å²) in [7, 11) is 0. The van der Waals surface area contributed by atoms with Crippen LogP contribution in [0, 0.1) is 0 Å². The Labute approximate surface area is 115 Å². The van der Waals surface area contributed by atoms with Crippen LogP contribution >= 0.6 is 0 Å². The molecule has 0 aliphatic carbocycles. The molecule has 0 atom stereocenters. The molecule has 3 aromatic rings. The summed E-state index contributed by atoms with van der Waals surface area (Å²) in [4.78, 5) is 16.3. The van der Waals surface area contributed by atoms with Crippen LogP contribution in [0.3, 0.4) is 0 Å². The number of hydrogen-bond donors (Lipinski definition) is 2. The van der Waals surface area contributed by atoms with Crippen LogP contribution in [0.4, 0.5) is 0 Å². The molecular weight excluding hydrogens is 254 g/mol. The second-order valence-corrected chi connectivity index (χ2v) is 4.26. The quantitative estimate of drug-likeness (QED) is 0.752. The molecule has 6 heteroatoms. The number of benzene rings is 1. The van der Waals surface area contributed by atoms with Crippen LogP contribution in [0.2, 0.25) is 0 Å². The molecular formula is C14H13N5O. The third kappa shape index (κ3) is 2.59. The van der Waals surface area contributed by atoms with Gasteiger partial charge in [0.25, 0.3) is 5.91 Å². The zero-order valence-electron chi connectivity index (χ0n) is 10.7. The molecule has 1 amide bonds. The average molecular weight is 267 g/mol. The van der Waals surface area contributed by atoms with Crippen LogP contribution in [-0.2, 0) is 6.54 Å². The first-order chi connectivity index (χ1) is 9.83.